The molecule has 3 aromatic rings. The summed E-state index contributed by atoms with van der Waals surface area (Å²) in [5, 5.41) is 15.2. The Balaban J connectivity index is 1.30. The smallest absolute Gasteiger partial charge is 0.407 e. The molecule has 38 heavy (non-hydrogen) atoms. The van der Waals surface area contributed by atoms with E-state index < -0.39 is 12.1 Å². The Morgan fingerprint density at radius 2 is 1.55 bits per heavy atom. The maximum absolute atomic E-state index is 11.6. The molecule has 8 nitrogen and oxygen atoms in total. The first kappa shape index (κ1) is 26.9. The molecule has 1 aliphatic carbocycles. The van der Waals surface area contributed by atoms with Gasteiger partial charge in [0.05, 0.1) is 29.4 Å². The molecular weight excluding hydrogens is 504 g/mol. The van der Waals surface area contributed by atoms with Crippen molar-refractivity contribution in [3.8, 4) is 17.2 Å². The van der Waals surface area contributed by atoms with E-state index in [2.05, 4.69) is 10.6 Å². The molecule has 1 aliphatic rings. The van der Waals surface area contributed by atoms with Crippen LogP contribution in [0.5, 0.6) is 17.2 Å². The highest BCUT2D eigenvalue weighted by atomic mass is 32.1. The molecule has 1 amide bonds. The third kappa shape index (κ3) is 7.45. The maximum Gasteiger partial charge on any atom is 0.407 e. The van der Waals surface area contributed by atoms with E-state index in [1.807, 2.05) is 48.5 Å². The van der Waals surface area contributed by atoms with Crippen LogP contribution in [0, 0.1) is 0 Å². The summed E-state index contributed by atoms with van der Waals surface area (Å²) in [4.78, 5) is 23.6. The SMILES string of the molecule is COC(=O)N[C@H]1CCCC[C@@H]1Oc1ccc(Oc2ccc(CC(=S)Nc3ccccc3C(=O)O)cc2)cc1. The van der Waals surface area contributed by atoms with Crippen molar-refractivity contribution in [2.75, 3.05) is 12.4 Å². The highest BCUT2D eigenvalue weighted by molar-refractivity contribution is 7.80. The predicted octanol–water partition coefficient (Wildman–Crippen LogP) is 6.21. The molecule has 0 radical (unpaired) electrons. The number of benzene rings is 3. The molecule has 0 unspecified atom stereocenters. The lowest BCUT2D eigenvalue weighted by atomic mass is 9.92. The molecule has 3 aromatic carbocycles. The molecule has 0 saturated heterocycles. The molecule has 0 aliphatic heterocycles. The summed E-state index contributed by atoms with van der Waals surface area (Å²) in [6.07, 6.45) is 3.72. The number of hydrogen-bond donors (Lipinski definition) is 3. The number of carboxylic acid groups (broad SMARTS) is 1. The minimum atomic E-state index is -1.01. The zero-order valence-electron chi connectivity index (χ0n) is 21.0. The van der Waals surface area contributed by atoms with Crippen molar-refractivity contribution in [3.63, 3.8) is 0 Å². The van der Waals surface area contributed by atoms with Crippen molar-refractivity contribution in [2.45, 2.75) is 44.2 Å². The fourth-order valence-corrected chi connectivity index (χ4v) is 4.62. The Morgan fingerprint density at radius 3 is 2.24 bits per heavy atom. The molecule has 1 fully saturated rings. The normalized spacial score (nSPS) is 16.7. The van der Waals surface area contributed by atoms with Crippen molar-refractivity contribution in [1.82, 2.24) is 5.32 Å². The molecule has 4 rings (SSSR count). The van der Waals surface area contributed by atoms with Gasteiger partial charge in [0, 0.05) is 6.42 Å². The third-order valence-electron chi connectivity index (χ3n) is 6.26. The Labute approximate surface area is 226 Å². The number of thiocarbonyl (C=S) groups is 1. The number of rotatable bonds is 9. The van der Waals surface area contributed by atoms with E-state index in [9.17, 15) is 14.7 Å². The van der Waals surface area contributed by atoms with Crippen molar-refractivity contribution in [2.24, 2.45) is 0 Å². The number of ether oxygens (including phenoxy) is 3. The zero-order valence-corrected chi connectivity index (χ0v) is 21.8. The van der Waals surface area contributed by atoms with Crippen molar-refractivity contribution in [1.29, 1.82) is 0 Å². The van der Waals surface area contributed by atoms with Crippen molar-refractivity contribution >= 4 is 35.0 Å². The van der Waals surface area contributed by atoms with Crippen LogP contribution >= 0.6 is 12.2 Å². The number of para-hydroxylation sites is 1. The van der Waals surface area contributed by atoms with Gasteiger partial charge in [0.1, 0.15) is 23.4 Å². The van der Waals surface area contributed by atoms with Crippen LogP contribution in [0.2, 0.25) is 0 Å². The van der Waals surface area contributed by atoms with Crippen LogP contribution < -0.4 is 20.1 Å². The molecule has 0 aromatic heterocycles. The standard InChI is InChI=1S/C29H30N2O6S/c1-35-29(34)31-25-8-4-5-9-26(25)37-22-16-14-21(15-17-22)36-20-12-10-19(11-13-20)18-27(38)30-24-7-3-2-6-23(24)28(32)33/h2-3,6-7,10-17,25-26H,4-5,8-9,18H2,1H3,(H,30,38)(H,31,34)(H,32,33)/t25-,26-/m0/s1. The lowest BCUT2D eigenvalue weighted by Gasteiger charge is -2.32. The van der Waals surface area contributed by atoms with Crippen LogP contribution in [0.25, 0.3) is 0 Å². The molecule has 198 valence electrons. The van der Waals surface area contributed by atoms with Gasteiger partial charge in [-0.15, -0.1) is 0 Å². The number of nitrogens with one attached hydrogen (secondary N) is 2. The monoisotopic (exact) mass is 534 g/mol. The Kier molecular flexibility index (Phi) is 9.16. The van der Waals surface area contributed by atoms with Crippen LogP contribution in [-0.2, 0) is 11.2 Å². The average Bonchev–Trinajstić information content (AvgIpc) is 2.92. The number of carbonyl (C=O) groups excluding carboxylic acids is 1. The summed E-state index contributed by atoms with van der Waals surface area (Å²) < 4.78 is 16.9. The number of aromatic carboxylic acids is 1. The predicted molar refractivity (Wildman–Crippen MR) is 148 cm³/mol. The van der Waals surface area contributed by atoms with Gasteiger partial charge in [0.25, 0.3) is 0 Å². The number of methoxy groups -OCH3 is 1. The van der Waals surface area contributed by atoms with Gasteiger partial charge >= 0.3 is 12.1 Å². The zero-order chi connectivity index (χ0) is 26.9. The molecule has 1 saturated carbocycles. The highest BCUT2D eigenvalue weighted by Crippen LogP contribution is 2.28. The van der Waals surface area contributed by atoms with E-state index in [1.54, 1.807) is 18.2 Å². The van der Waals surface area contributed by atoms with Gasteiger partial charge in [0.2, 0.25) is 0 Å². The van der Waals surface area contributed by atoms with Crippen molar-refractivity contribution in [3.05, 3.63) is 83.9 Å². The number of hydrogen-bond acceptors (Lipinski definition) is 6. The lowest BCUT2D eigenvalue weighted by molar-refractivity contribution is 0.0698. The summed E-state index contributed by atoms with van der Waals surface area (Å²) in [6, 6.07) is 21.5. The quantitative estimate of drug-likeness (QED) is 0.279. The fraction of sp³-hybridized carbons (Fsp3) is 0.276. The van der Waals surface area contributed by atoms with E-state index in [1.165, 1.54) is 13.2 Å². The van der Waals surface area contributed by atoms with Crippen LogP contribution in [0.15, 0.2) is 72.8 Å². The summed E-state index contributed by atoms with van der Waals surface area (Å²) in [5.41, 5.74) is 1.61. The molecule has 2 atom stereocenters. The number of alkyl carbamates (subject to hydrolysis) is 1. The summed E-state index contributed by atoms with van der Waals surface area (Å²) in [5.74, 6) is 1.04. The number of carboxylic acids is 1. The Hall–Kier alpha value is -4.11. The maximum atomic E-state index is 11.6. The van der Waals surface area contributed by atoms with Gasteiger partial charge in [-0.3, -0.25) is 0 Å². The van der Waals surface area contributed by atoms with Gasteiger partial charge < -0.3 is 30.0 Å². The van der Waals surface area contributed by atoms with Crippen molar-refractivity contribution < 1.29 is 28.9 Å². The van der Waals surface area contributed by atoms with E-state index in [4.69, 9.17) is 26.4 Å². The van der Waals surface area contributed by atoms with E-state index in [-0.39, 0.29) is 17.7 Å². The van der Waals surface area contributed by atoms with Gasteiger partial charge in [-0.05, 0) is 73.4 Å². The van der Waals surface area contributed by atoms with Crippen LogP contribution in [0.1, 0.15) is 41.6 Å². The molecular formula is C29H30N2O6S. The van der Waals surface area contributed by atoms with Gasteiger partial charge in [0.15, 0.2) is 0 Å². The summed E-state index contributed by atoms with van der Waals surface area (Å²) in [6.45, 7) is 0. The first-order valence-corrected chi connectivity index (χ1v) is 12.8. The molecule has 0 spiro atoms. The summed E-state index contributed by atoms with van der Waals surface area (Å²) in [7, 11) is 1.36. The van der Waals surface area contributed by atoms with E-state index in [0.717, 1.165) is 31.2 Å². The Morgan fingerprint density at radius 1 is 0.921 bits per heavy atom. The second-order valence-electron chi connectivity index (χ2n) is 8.98. The number of anilines is 1. The Bertz CT molecular complexity index is 1260. The van der Waals surface area contributed by atoms with E-state index in [0.29, 0.717) is 34.3 Å². The molecule has 0 bridgehead atoms. The minimum Gasteiger partial charge on any atom is -0.488 e. The fourth-order valence-electron chi connectivity index (χ4n) is 4.34. The molecule has 3 N–H and O–H groups in total. The topological polar surface area (TPSA) is 106 Å². The number of amides is 1. The largest absolute Gasteiger partial charge is 0.488 e. The molecule has 0 heterocycles. The van der Waals surface area contributed by atoms with Gasteiger partial charge in [-0.2, -0.15) is 0 Å². The first-order chi connectivity index (χ1) is 18.4. The van der Waals surface area contributed by atoms with Crippen LogP contribution in [-0.4, -0.2) is 41.4 Å². The lowest BCUT2D eigenvalue weighted by Crippen LogP contribution is -2.47. The second-order valence-corrected chi connectivity index (χ2v) is 9.47. The van der Waals surface area contributed by atoms with Crippen LogP contribution in [0.4, 0.5) is 10.5 Å². The van der Waals surface area contributed by atoms with E-state index >= 15 is 0 Å². The first-order valence-electron chi connectivity index (χ1n) is 12.4. The van der Waals surface area contributed by atoms with Crippen LogP contribution in [0.3, 0.4) is 0 Å². The van der Waals surface area contributed by atoms with Gasteiger partial charge in [-0.1, -0.05) is 42.9 Å². The third-order valence-corrected chi connectivity index (χ3v) is 6.50. The number of carbonyl (C=O) groups is 2. The second kappa shape index (κ2) is 12.9. The molecule has 9 heteroatoms. The average molecular weight is 535 g/mol. The van der Waals surface area contributed by atoms with Gasteiger partial charge in [-0.25, -0.2) is 9.59 Å². The minimum absolute atomic E-state index is 0.0827. The highest BCUT2D eigenvalue weighted by Gasteiger charge is 2.28. The summed E-state index contributed by atoms with van der Waals surface area (Å²) >= 11 is 5.43.